The van der Waals surface area contributed by atoms with Gasteiger partial charge in [0.15, 0.2) is 0 Å². The first-order valence-corrected chi connectivity index (χ1v) is 7.69. The van der Waals surface area contributed by atoms with Gasteiger partial charge in [0, 0.05) is 44.8 Å². The van der Waals surface area contributed by atoms with Crippen LogP contribution in [0.4, 0.5) is 0 Å². The maximum absolute atomic E-state index is 5.68. The first kappa shape index (κ1) is 16.9. The zero-order chi connectivity index (χ0) is 14.1. The van der Waals surface area contributed by atoms with Crippen molar-refractivity contribution < 1.29 is 9.47 Å². The zero-order valence-corrected chi connectivity index (χ0v) is 13.2. The van der Waals surface area contributed by atoms with Crippen LogP contribution in [0, 0.1) is 5.41 Å². The fourth-order valence-electron chi connectivity index (χ4n) is 2.71. The molecule has 2 atom stereocenters. The van der Waals surface area contributed by atoms with Crippen molar-refractivity contribution in [1.29, 1.82) is 0 Å². The van der Waals surface area contributed by atoms with Gasteiger partial charge in [-0.3, -0.25) is 4.90 Å². The van der Waals surface area contributed by atoms with E-state index in [4.69, 9.17) is 9.47 Å². The van der Waals surface area contributed by atoms with Crippen molar-refractivity contribution in [3.63, 3.8) is 0 Å². The van der Waals surface area contributed by atoms with Crippen LogP contribution in [0.3, 0.4) is 0 Å². The summed E-state index contributed by atoms with van der Waals surface area (Å²) in [6, 6.07) is 0.606. The van der Waals surface area contributed by atoms with Crippen LogP contribution in [0.25, 0.3) is 0 Å². The smallest absolute Gasteiger partial charge is 0.0589 e. The molecule has 1 aliphatic heterocycles. The normalized spacial score (nSPS) is 25.1. The summed E-state index contributed by atoms with van der Waals surface area (Å²) in [5, 5.41) is 3.51. The van der Waals surface area contributed by atoms with Crippen molar-refractivity contribution in [3.05, 3.63) is 0 Å². The van der Waals surface area contributed by atoms with Crippen LogP contribution in [0.2, 0.25) is 0 Å². The van der Waals surface area contributed by atoms with Gasteiger partial charge >= 0.3 is 0 Å². The summed E-state index contributed by atoms with van der Waals surface area (Å²) in [5.41, 5.74) is 0.285. The molecule has 1 rings (SSSR count). The molecular formula is C15H32N2O2. The molecule has 1 aliphatic rings. The lowest BCUT2D eigenvalue weighted by molar-refractivity contribution is 0.0657. The molecule has 0 aromatic rings. The van der Waals surface area contributed by atoms with E-state index in [-0.39, 0.29) is 5.41 Å². The Kier molecular flexibility index (Phi) is 7.91. The summed E-state index contributed by atoms with van der Waals surface area (Å²) < 4.78 is 10.9. The second-order valence-electron chi connectivity index (χ2n) is 5.80. The summed E-state index contributed by atoms with van der Waals surface area (Å²) in [7, 11) is 1.78. The second kappa shape index (κ2) is 8.90. The molecule has 1 heterocycles. The zero-order valence-electron chi connectivity index (χ0n) is 13.2. The number of ether oxygens (including phenoxy) is 2. The lowest BCUT2D eigenvalue weighted by Gasteiger charge is -2.37. The highest BCUT2D eigenvalue weighted by atomic mass is 16.5. The van der Waals surface area contributed by atoms with E-state index in [1.165, 1.54) is 12.8 Å². The third kappa shape index (κ3) is 5.38. The third-order valence-electron chi connectivity index (χ3n) is 4.27. The van der Waals surface area contributed by atoms with E-state index in [0.29, 0.717) is 6.04 Å². The number of methoxy groups -OCH3 is 1. The molecule has 0 radical (unpaired) electrons. The first-order chi connectivity index (χ1) is 9.17. The van der Waals surface area contributed by atoms with E-state index in [1.807, 2.05) is 0 Å². The molecule has 2 unspecified atom stereocenters. The van der Waals surface area contributed by atoms with Gasteiger partial charge in [-0.25, -0.2) is 0 Å². The quantitative estimate of drug-likeness (QED) is 0.657. The summed E-state index contributed by atoms with van der Waals surface area (Å²) >= 11 is 0. The third-order valence-corrected chi connectivity index (χ3v) is 4.27. The Morgan fingerprint density at radius 2 is 2.21 bits per heavy atom. The molecule has 0 spiro atoms. The van der Waals surface area contributed by atoms with Gasteiger partial charge in [-0.15, -0.1) is 0 Å². The van der Waals surface area contributed by atoms with Crippen molar-refractivity contribution >= 4 is 0 Å². The number of hydrogen-bond acceptors (Lipinski definition) is 4. The molecule has 1 saturated heterocycles. The van der Waals surface area contributed by atoms with Crippen molar-refractivity contribution in [1.82, 2.24) is 10.2 Å². The van der Waals surface area contributed by atoms with Gasteiger partial charge < -0.3 is 14.8 Å². The summed E-state index contributed by atoms with van der Waals surface area (Å²) in [6.45, 7) is 13.6. The van der Waals surface area contributed by atoms with Crippen LogP contribution in [0.15, 0.2) is 0 Å². The van der Waals surface area contributed by atoms with Gasteiger partial charge in [-0.2, -0.15) is 0 Å². The lowest BCUT2D eigenvalue weighted by atomic mass is 9.86. The molecular weight excluding hydrogens is 240 g/mol. The van der Waals surface area contributed by atoms with Crippen LogP contribution in [-0.4, -0.2) is 64.1 Å². The van der Waals surface area contributed by atoms with Crippen LogP contribution in [-0.2, 0) is 9.47 Å². The SMILES string of the molecule is CCNCC1(CN(CCOC)C(C)CC)CCOC1. The van der Waals surface area contributed by atoms with Crippen molar-refractivity contribution in [3.8, 4) is 0 Å². The second-order valence-corrected chi connectivity index (χ2v) is 5.80. The number of hydrogen-bond donors (Lipinski definition) is 1. The van der Waals surface area contributed by atoms with Gasteiger partial charge in [-0.1, -0.05) is 13.8 Å². The average Bonchev–Trinajstić information content (AvgIpc) is 2.89. The van der Waals surface area contributed by atoms with Gasteiger partial charge in [0.2, 0.25) is 0 Å². The molecule has 0 aromatic heterocycles. The number of nitrogens with zero attached hydrogens (tertiary/aromatic N) is 1. The lowest BCUT2D eigenvalue weighted by Crippen LogP contribution is -2.48. The molecule has 0 amide bonds. The average molecular weight is 272 g/mol. The minimum atomic E-state index is 0.285. The van der Waals surface area contributed by atoms with E-state index in [2.05, 4.69) is 31.0 Å². The standard InChI is InChI=1S/C15H32N2O2/c1-5-14(3)17(8-10-18-4)12-15(11-16-6-2)7-9-19-13-15/h14,16H,5-13H2,1-4H3. The van der Waals surface area contributed by atoms with Crippen molar-refractivity contribution in [2.45, 2.75) is 39.7 Å². The molecule has 0 saturated carbocycles. The monoisotopic (exact) mass is 272 g/mol. The maximum Gasteiger partial charge on any atom is 0.0589 e. The largest absolute Gasteiger partial charge is 0.383 e. The molecule has 19 heavy (non-hydrogen) atoms. The number of rotatable bonds is 10. The van der Waals surface area contributed by atoms with E-state index in [1.54, 1.807) is 7.11 Å². The Balaban J connectivity index is 2.61. The van der Waals surface area contributed by atoms with Crippen LogP contribution in [0.5, 0.6) is 0 Å². The minimum absolute atomic E-state index is 0.285. The van der Waals surface area contributed by atoms with Crippen molar-refractivity contribution in [2.24, 2.45) is 5.41 Å². The Labute approximate surface area is 118 Å². The Morgan fingerprint density at radius 3 is 2.74 bits per heavy atom. The first-order valence-electron chi connectivity index (χ1n) is 7.69. The Hall–Kier alpha value is -0.160. The highest BCUT2D eigenvalue weighted by Crippen LogP contribution is 2.30. The van der Waals surface area contributed by atoms with E-state index in [0.717, 1.165) is 46.0 Å². The van der Waals surface area contributed by atoms with Gasteiger partial charge in [0.1, 0.15) is 0 Å². The van der Waals surface area contributed by atoms with Crippen molar-refractivity contribution in [2.75, 3.05) is 53.1 Å². The van der Waals surface area contributed by atoms with Crippen LogP contribution < -0.4 is 5.32 Å². The van der Waals surface area contributed by atoms with Crippen LogP contribution in [0.1, 0.15) is 33.6 Å². The molecule has 0 aliphatic carbocycles. The van der Waals surface area contributed by atoms with Gasteiger partial charge in [0.25, 0.3) is 0 Å². The predicted octanol–water partition coefficient (Wildman–Crippen LogP) is 1.75. The molecule has 1 N–H and O–H groups in total. The molecule has 4 nitrogen and oxygen atoms in total. The number of nitrogens with one attached hydrogen (secondary N) is 1. The van der Waals surface area contributed by atoms with E-state index in [9.17, 15) is 0 Å². The highest BCUT2D eigenvalue weighted by molar-refractivity contribution is 4.89. The highest BCUT2D eigenvalue weighted by Gasteiger charge is 2.36. The van der Waals surface area contributed by atoms with E-state index >= 15 is 0 Å². The summed E-state index contributed by atoms with van der Waals surface area (Å²) in [6.07, 6.45) is 2.35. The Morgan fingerprint density at radius 1 is 1.42 bits per heavy atom. The summed E-state index contributed by atoms with van der Waals surface area (Å²) in [4.78, 5) is 2.56. The van der Waals surface area contributed by atoms with Gasteiger partial charge in [-0.05, 0) is 26.3 Å². The minimum Gasteiger partial charge on any atom is -0.383 e. The molecule has 1 fully saturated rings. The maximum atomic E-state index is 5.68. The van der Waals surface area contributed by atoms with Crippen LogP contribution >= 0.6 is 0 Å². The molecule has 0 bridgehead atoms. The molecule has 114 valence electrons. The predicted molar refractivity (Wildman–Crippen MR) is 79.6 cm³/mol. The summed E-state index contributed by atoms with van der Waals surface area (Å²) in [5.74, 6) is 0. The molecule has 0 aromatic carbocycles. The van der Waals surface area contributed by atoms with Gasteiger partial charge in [0.05, 0.1) is 13.2 Å². The fourth-order valence-corrected chi connectivity index (χ4v) is 2.71. The van der Waals surface area contributed by atoms with E-state index < -0.39 is 0 Å². The molecule has 4 heteroatoms. The topological polar surface area (TPSA) is 33.7 Å². The fraction of sp³-hybridized carbons (Fsp3) is 1.00. The Bertz CT molecular complexity index is 230.